The van der Waals surface area contributed by atoms with E-state index in [1.165, 1.54) is 0 Å². The fourth-order valence-corrected chi connectivity index (χ4v) is 1.60. The number of aryl methyl sites for hydroxylation is 1. The lowest BCUT2D eigenvalue weighted by Gasteiger charge is -2.09. The molecule has 0 heterocycles. The Hall–Kier alpha value is -0.690. The first-order valence-corrected chi connectivity index (χ1v) is 4.86. The van der Waals surface area contributed by atoms with Gasteiger partial charge in [0.05, 0.1) is 0 Å². The smallest absolute Gasteiger partial charge is 0.118 e. The molecule has 1 nitrogen and oxygen atoms in total. The van der Waals surface area contributed by atoms with Crippen LogP contribution in [0, 0.1) is 12.8 Å². The SMILES string of the molecule is Cc1cc(Cl)c(CC(C)C)cc1O. The first-order valence-electron chi connectivity index (χ1n) is 4.48. The summed E-state index contributed by atoms with van der Waals surface area (Å²) < 4.78 is 0. The van der Waals surface area contributed by atoms with Crippen molar-refractivity contribution in [1.82, 2.24) is 0 Å². The van der Waals surface area contributed by atoms with Crippen LogP contribution in [0.15, 0.2) is 12.1 Å². The van der Waals surface area contributed by atoms with Gasteiger partial charge in [0.15, 0.2) is 0 Å². The van der Waals surface area contributed by atoms with Gasteiger partial charge in [-0.3, -0.25) is 0 Å². The van der Waals surface area contributed by atoms with E-state index in [0.29, 0.717) is 11.7 Å². The summed E-state index contributed by atoms with van der Waals surface area (Å²) >= 11 is 6.03. The summed E-state index contributed by atoms with van der Waals surface area (Å²) in [6, 6.07) is 3.58. The Bertz CT molecular complexity index is 305. The Morgan fingerprint density at radius 2 is 2.00 bits per heavy atom. The van der Waals surface area contributed by atoms with Gasteiger partial charge >= 0.3 is 0 Å². The van der Waals surface area contributed by atoms with E-state index in [2.05, 4.69) is 13.8 Å². The molecule has 0 fully saturated rings. The van der Waals surface area contributed by atoms with Crippen LogP contribution in [-0.4, -0.2) is 5.11 Å². The van der Waals surface area contributed by atoms with E-state index in [1.54, 1.807) is 6.07 Å². The molecule has 1 aromatic rings. The van der Waals surface area contributed by atoms with Crippen molar-refractivity contribution < 1.29 is 5.11 Å². The predicted octanol–water partition coefficient (Wildman–Crippen LogP) is 3.55. The van der Waals surface area contributed by atoms with Crippen molar-refractivity contribution in [3.8, 4) is 5.75 Å². The number of aromatic hydroxyl groups is 1. The van der Waals surface area contributed by atoms with Gasteiger partial charge in [0.1, 0.15) is 5.75 Å². The summed E-state index contributed by atoms with van der Waals surface area (Å²) in [5.74, 6) is 0.889. The molecule has 13 heavy (non-hydrogen) atoms. The van der Waals surface area contributed by atoms with Gasteiger partial charge < -0.3 is 5.11 Å². The molecule has 1 rings (SSSR count). The van der Waals surface area contributed by atoms with E-state index in [1.807, 2.05) is 13.0 Å². The highest BCUT2D eigenvalue weighted by molar-refractivity contribution is 6.31. The zero-order chi connectivity index (χ0) is 10.0. The largest absolute Gasteiger partial charge is 0.508 e. The first kappa shape index (κ1) is 10.4. The molecule has 1 aromatic carbocycles. The van der Waals surface area contributed by atoms with Gasteiger partial charge in [-0.15, -0.1) is 0 Å². The predicted molar refractivity (Wildman–Crippen MR) is 56.4 cm³/mol. The Morgan fingerprint density at radius 3 is 2.54 bits per heavy atom. The number of benzene rings is 1. The second-order valence-corrected chi connectivity index (χ2v) is 4.24. The van der Waals surface area contributed by atoms with Gasteiger partial charge in [0, 0.05) is 5.02 Å². The molecular formula is C11H15ClO. The third kappa shape index (κ3) is 2.63. The highest BCUT2D eigenvalue weighted by atomic mass is 35.5. The summed E-state index contributed by atoms with van der Waals surface area (Å²) in [4.78, 5) is 0. The average Bonchev–Trinajstić information content (AvgIpc) is 1.99. The third-order valence-corrected chi connectivity index (χ3v) is 2.34. The number of rotatable bonds is 2. The molecule has 0 amide bonds. The van der Waals surface area contributed by atoms with Crippen molar-refractivity contribution in [2.24, 2.45) is 5.92 Å². The summed E-state index contributed by atoms with van der Waals surface area (Å²) in [5.41, 5.74) is 1.86. The minimum Gasteiger partial charge on any atom is -0.508 e. The minimum atomic E-state index is 0.333. The number of phenols is 1. The maximum absolute atomic E-state index is 9.48. The second kappa shape index (κ2) is 4.01. The summed E-state index contributed by atoms with van der Waals surface area (Å²) in [6.45, 7) is 6.11. The number of hydrogen-bond acceptors (Lipinski definition) is 1. The van der Waals surface area contributed by atoms with Gasteiger partial charge in [-0.2, -0.15) is 0 Å². The quantitative estimate of drug-likeness (QED) is 0.771. The van der Waals surface area contributed by atoms with Crippen molar-refractivity contribution >= 4 is 11.6 Å². The van der Waals surface area contributed by atoms with Crippen molar-refractivity contribution in [3.05, 3.63) is 28.3 Å². The van der Waals surface area contributed by atoms with Crippen molar-refractivity contribution in [1.29, 1.82) is 0 Å². The Morgan fingerprint density at radius 1 is 1.38 bits per heavy atom. The molecule has 0 aliphatic carbocycles. The van der Waals surface area contributed by atoms with Crippen molar-refractivity contribution in [3.63, 3.8) is 0 Å². The maximum Gasteiger partial charge on any atom is 0.118 e. The van der Waals surface area contributed by atoms with Crippen LogP contribution in [0.5, 0.6) is 5.75 Å². The highest BCUT2D eigenvalue weighted by Gasteiger charge is 2.06. The van der Waals surface area contributed by atoms with Gasteiger partial charge in [-0.25, -0.2) is 0 Å². The molecular weight excluding hydrogens is 184 g/mol. The summed E-state index contributed by atoms with van der Waals surface area (Å²) in [6.07, 6.45) is 0.909. The standard InChI is InChI=1S/C11H15ClO/c1-7(2)4-9-6-11(13)8(3)5-10(9)12/h5-7,13H,4H2,1-3H3. The number of halogens is 1. The third-order valence-electron chi connectivity index (χ3n) is 1.99. The van der Waals surface area contributed by atoms with Crippen LogP contribution in [0.25, 0.3) is 0 Å². The van der Waals surface area contributed by atoms with Crippen molar-refractivity contribution in [2.45, 2.75) is 27.2 Å². The van der Waals surface area contributed by atoms with Gasteiger partial charge in [-0.05, 0) is 42.5 Å². The van der Waals surface area contributed by atoms with Crippen LogP contribution in [-0.2, 0) is 6.42 Å². The molecule has 0 unspecified atom stereocenters. The van der Waals surface area contributed by atoms with Gasteiger partial charge in [-0.1, -0.05) is 25.4 Å². The molecule has 0 radical (unpaired) electrons. The molecule has 0 aliphatic rings. The highest BCUT2D eigenvalue weighted by Crippen LogP contribution is 2.27. The Labute approximate surface area is 84.4 Å². The van der Waals surface area contributed by atoms with Crippen LogP contribution in [0.1, 0.15) is 25.0 Å². The molecule has 0 aliphatic heterocycles. The van der Waals surface area contributed by atoms with E-state index in [4.69, 9.17) is 11.6 Å². The monoisotopic (exact) mass is 198 g/mol. The summed E-state index contributed by atoms with van der Waals surface area (Å²) in [7, 11) is 0. The van der Waals surface area contributed by atoms with E-state index in [-0.39, 0.29) is 0 Å². The number of hydrogen-bond donors (Lipinski definition) is 1. The lowest BCUT2D eigenvalue weighted by atomic mass is 10.0. The summed E-state index contributed by atoms with van der Waals surface area (Å²) in [5, 5.41) is 10.2. The molecule has 1 N–H and O–H groups in total. The molecule has 0 atom stereocenters. The molecule has 0 saturated carbocycles. The second-order valence-electron chi connectivity index (χ2n) is 3.83. The maximum atomic E-state index is 9.48. The van der Waals surface area contributed by atoms with E-state index in [0.717, 1.165) is 22.6 Å². The minimum absolute atomic E-state index is 0.333. The molecule has 72 valence electrons. The lowest BCUT2D eigenvalue weighted by molar-refractivity contribution is 0.469. The Balaban J connectivity index is 3.01. The van der Waals surface area contributed by atoms with Gasteiger partial charge in [0.25, 0.3) is 0 Å². The fraction of sp³-hybridized carbons (Fsp3) is 0.455. The van der Waals surface area contributed by atoms with E-state index >= 15 is 0 Å². The fourth-order valence-electron chi connectivity index (χ4n) is 1.30. The number of phenolic OH excluding ortho intramolecular Hbond substituents is 1. The Kier molecular flexibility index (Phi) is 3.21. The molecule has 0 spiro atoms. The molecule has 0 saturated heterocycles. The molecule has 2 heteroatoms. The first-order chi connectivity index (χ1) is 6.00. The average molecular weight is 199 g/mol. The van der Waals surface area contributed by atoms with Crippen LogP contribution in [0.3, 0.4) is 0 Å². The van der Waals surface area contributed by atoms with Crippen LogP contribution in [0.4, 0.5) is 0 Å². The van der Waals surface area contributed by atoms with Crippen molar-refractivity contribution in [2.75, 3.05) is 0 Å². The molecule has 0 aromatic heterocycles. The lowest BCUT2D eigenvalue weighted by Crippen LogP contribution is -1.95. The normalized spacial score (nSPS) is 10.8. The van der Waals surface area contributed by atoms with Crippen LogP contribution in [0.2, 0.25) is 5.02 Å². The van der Waals surface area contributed by atoms with E-state index in [9.17, 15) is 5.11 Å². The van der Waals surface area contributed by atoms with Crippen LogP contribution < -0.4 is 0 Å². The van der Waals surface area contributed by atoms with E-state index < -0.39 is 0 Å². The zero-order valence-electron chi connectivity index (χ0n) is 8.26. The molecule has 0 bridgehead atoms. The van der Waals surface area contributed by atoms with Gasteiger partial charge in [0.2, 0.25) is 0 Å². The van der Waals surface area contributed by atoms with Crippen LogP contribution >= 0.6 is 11.6 Å². The zero-order valence-corrected chi connectivity index (χ0v) is 9.02. The topological polar surface area (TPSA) is 20.2 Å².